The van der Waals surface area contributed by atoms with Gasteiger partial charge in [0.2, 0.25) is 0 Å². The van der Waals surface area contributed by atoms with Crippen molar-refractivity contribution in [3.63, 3.8) is 0 Å². The Morgan fingerprint density at radius 1 is 1.00 bits per heavy atom. The van der Waals surface area contributed by atoms with E-state index >= 15 is 0 Å². The van der Waals surface area contributed by atoms with E-state index in [1.807, 2.05) is 0 Å². The van der Waals surface area contributed by atoms with Crippen LogP contribution in [0.5, 0.6) is 23.0 Å². The molecular formula is C19H18O6. The summed E-state index contributed by atoms with van der Waals surface area (Å²) in [5.74, 6) is 1.61. The van der Waals surface area contributed by atoms with Crippen LogP contribution >= 0.6 is 0 Å². The second-order valence-corrected chi connectivity index (χ2v) is 5.38. The number of aliphatic hydroxyl groups is 1. The van der Waals surface area contributed by atoms with Crippen LogP contribution in [0.1, 0.15) is 15.9 Å². The smallest absolute Gasteiger partial charge is 0.199 e. The fourth-order valence-electron chi connectivity index (χ4n) is 2.65. The maximum absolute atomic E-state index is 12.7. The van der Waals surface area contributed by atoms with Crippen molar-refractivity contribution in [2.24, 2.45) is 0 Å². The number of ether oxygens (including phenoxy) is 4. The molecule has 3 rings (SSSR count). The lowest BCUT2D eigenvalue weighted by atomic mass is 9.97. The molecule has 2 aromatic rings. The zero-order chi connectivity index (χ0) is 18.0. The predicted octanol–water partition coefficient (Wildman–Crippen LogP) is 3.26. The molecule has 6 heteroatoms. The molecule has 6 nitrogen and oxygen atoms in total. The third kappa shape index (κ3) is 2.98. The fourth-order valence-corrected chi connectivity index (χ4v) is 2.65. The van der Waals surface area contributed by atoms with Crippen LogP contribution in [0, 0.1) is 0 Å². The maximum Gasteiger partial charge on any atom is 0.199 e. The van der Waals surface area contributed by atoms with Gasteiger partial charge in [-0.1, -0.05) is 0 Å². The molecule has 1 heterocycles. The van der Waals surface area contributed by atoms with E-state index < -0.39 is 0 Å². The minimum Gasteiger partial charge on any atom is -0.507 e. The van der Waals surface area contributed by atoms with Crippen molar-refractivity contribution in [3.05, 3.63) is 53.1 Å². The van der Waals surface area contributed by atoms with Crippen molar-refractivity contribution in [1.29, 1.82) is 0 Å². The first kappa shape index (κ1) is 16.7. The van der Waals surface area contributed by atoms with Gasteiger partial charge >= 0.3 is 0 Å². The van der Waals surface area contributed by atoms with Crippen LogP contribution in [0.4, 0.5) is 0 Å². The monoisotopic (exact) mass is 342 g/mol. The Balaban J connectivity index is 2.01. The zero-order valence-electron chi connectivity index (χ0n) is 14.2. The van der Waals surface area contributed by atoms with Gasteiger partial charge in [0.1, 0.15) is 23.9 Å². The molecule has 25 heavy (non-hydrogen) atoms. The molecular weight excluding hydrogens is 324 g/mol. The number of carbonyl (C=O) groups is 1. The van der Waals surface area contributed by atoms with E-state index in [1.54, 1.807) is 43.5 Å². The number of hydrogen-bond donors (Lipinski definition) is 1. The molecule has 1 aliphatic rings. The van der Waals surface area contributed by atoms with Crippen LogP contribution in [0.2, 0.25) is 0 Å². The van der Waals surface area contributed by atoms with E-state index in [0.29, 0.717) is 34.1 Å². The Morgan fingerprint density at radius 2 is 1.76 bits per heavy atom. The standard InChI is InChI=1S/C19H18O6/c1-22-12-5-6-13-16(9-12)25-10-14(19(13)21)18(20)11-4-7-15(23-2)17(8-11)24-3/h4-9,20H,10H2,1-3H3/b18-14+. The molecule has 0 saturated carbocycles. The van der Waals surface area contributed by atoms with Gasteiger partial charge in [0, 0.05) is 11.6 Å². The summed E-state index contributed by atoms with van der Waals surface area (Å²) < 4.78 is 21.2. The highest BCUT2D eigenvalue weighted by Crippen LogP contribution is 2.35. The van der Waals surface area contributed by atoms with Crippen molar-refractivity contribution < 1.29 is 28.8 Å². The zero-order valence-corrected chi connectivity index (χ0v) is 14.2. The lowest BCUT2D eigenvalue weighted by molar-refractivity contribution is 0.0997. The number of aliphatic hydroxyl groups excluding tert-OH is 1. The van der Waals surface area contributed by atoms with Crippen molar-refractivity contribution in [1.82, 2.24) is 0 Å². The Hall–Kier alpha value is -3.15. The quantitative estimate of drug-likeness (QED) is 0.679. The molecule has 0 fully saturated rings. The Morgan fingerprint density at radius 3 is 2.44 bits per heavy atom. The number of carbonyl (C=O) groups excluding carboxylic acids is 1. The number of benzene rings is 2. The maximum atomic E-state index is 12.7. The molecule has 0 aromatic heterocycles. The molecule has 2 aromatic carbocycles. The topological polar surface area (TPSA) is 74.2 Å². The molecule has 0 radical (unpaired) electrons. The second kappa shape index (κ2) is 6.76. The number of rotatable bonds is 4. The Labute approximate surface area is 145 Å². The van der Waals surface area contributed by atoms with Crippen molar-refractivity contribution in [3.8, 4) is 23.0 Å². The molecule has 0 amide bonds. The molecule has 0 unspecified atom stereocenters. The molecule has 0 saturated heterocycles. The SMILES string of the molecule is COc1ccc2c(c1)OC/C(=C(\O)c1ccc(OC)c(OC)c1)C2=O. The van der Waals surface area contributed by atoms with Crippen LogP contribution in [0.15, 0.2) is 42.0 Å². The van der Waals surface area contributed by atoms with E-state index in [4.69, 9.17) is 18.9 Å². The van der Waals surface area contributed by atoms with E-state index in [-0.39, 0.29) is 23.7 Å². The number of methoxy groups -OCH3 is 3. The van der Waals surface area contributed by atoms with E-state index in [1.165, 1.54) is 14.2 Å². The van der Waals surface area contributed by atoms with Gasteiger partial charge in [0.25, 0.3) is 0 Å². The lowest BCUT2D eigenvalue weighted by Crippen LogP contribution is -2.20. The van der Waals surface area contributed by atoms with E-state index in [0.717, 1.165) is 0 Å². The van der Waals surface area contributed by atoms with Gasteiger partial charge in [0.05, 0.1) is 32.5 Å². The van der Waals surface area contributed by atoms with Gasteiger partial charge in [-0.25, -0.2) is 0 Å². The first-order valence-electron chi connectivity index (χ1n) is 7.59. The average molecular weight is 342 g/mol. The molecule has 1 N–H and O–H groups in total. The fraction of sp³-hybridized carbons (Fsp3) is 0.211. The Kier molecular flexibility index (Phi) is 4.52. The third-order valence-electron chi connectivity index (χ3n) is 4.02. The summed E-state index contributed by atoms with van der Waals surface area (Å²) in [6.45, 7) is -0.0286. The van der Waals surface area contributed by atoms with Crippen LogP contribution in [-0.2, 0) is 0 Å². The number of Topliss-reactive ketones (excluding diaryl/α,β-unsaturated/α-hetero) is 1. The summed E-state index contributed by atoms with van der Waals surface area (Å²) in [5, 5.41) is 10.6. The summed E-state index contributed by atoms with van der Waals surface area (Å²) >= 11 is 0. The minimum absolute atomic E-state index is 0.0286. The van der Waals surface area contributed by atoms with Crippen LogP contribution in [0.25, 0.3) is 5.76 Å². The van der Waals surface area contributed by atoms with Crippen molar-refractivity contribution in [2.75, 3.05) is 27.9 Å². The lowest BCUT2D eigenvalue weighted by Gasteiger charge is -2.20. The van der Waals surface area contributed by atoms with Gasteiger partial charge in [-0.05, 0) is 30.3 Å². The largest absolute Gasteiger partial charge is 0.507 e. The van der Waals surface area contributed by atoms with Crippen LogP contribution in [-0.4, -0.2) is 38.8 Å². The number of ketones is 1. The predicted molar refractivity (Wildman–Crippen MR) is 91.9 cm³/mol. The highest BCUT2D eigenvalue weighted by Gasteiger charge is 2.27. The summed E-state index contributed by atoms with van der Waals surface area (Å²) in [5.41, 5.74) is 1.01. The van der Waals surface area contributed by atoms with E-state index in [2.05, 4.69) is 0 Å². The minimum atomic E-state index is -0.281. The molecule has 0 aliphatic carbocycles. The average Bonchev–Trinajstić information content (AvgIpc) is 2.66. The van der Waals surface area contributed by atoms with Crippen LogP contribution in [0.3, 0.4) is 0 Å². The molecule has 0 bridgehead atoms. The first-order valence-corrected chi connectivity index (χ1v) is 7.59. The first-order chi connectivity index (χ1) is 12.1. The molecule has 0 atom stereocenters. The summed E-state index contributed by atoms with van der Waals surface area (Å²) in [7, 11) is 4.57. The highest BCUT2D eigenvalue weighted by molar-refractivity contribution is 6.15. The summed E-state index contributed by atoms with van der Waals surface area (Å²) in [6.07, 6.45) is 0. The van der Waals surface area contributed by atoms with Gasteiger partial charge in [0.15, 0.2) is 17.3 Å². The molecule has 130 valence electrons. The highest BCUT2D eigenvalue weighted by atomic mass is 16.5. The van der Waals surface area contributed by atoms with Gasteiger partial charge in [-0.2, -0.15) is 0 Å². The number of hydrogen-bond acceptors (Lipinski definition) is 6. The van der Waals surface area contributed by atoms with Gasteiger partial charge in [-0.15, -0.1) is 0 Å². The molecule has 1 aliphatic heterocycles. The Bertz CT molecular complexity index is 853. The summed E-state index contributed by atoms with van der Waals surface area (Å²) in [6, 6.07) is 9.88. The molecule has 0 spiro atoms. The van der Waals surface area contributed by atoms with E-state index in [9.17, 15) is 9.90 Å². The van der Waals surface area contributed by atoms with Gasteiger partial charge < -0.3 is 24.1 Å². The van der Waals surface area contributed by atoms with Crippen LogP contribution < -0.4 is 18.9 Å². The summed E-state index contributed by atoms with van der Waals surface area (Å²) in [4.78, 5) is 12.7. The third-order valence-corrected chi connectivity index (χ3v) is 4.02. The normalized spacial score (nSPS) is 15.1. The van der Waals surface area contributed by atoms with Gasteiger partial charge in [-0.3, -0.25) is 4.79 Å². The number of fused-ring (bicyclic) bond motifs is 1. The van der Waals surface area contributed by atoms with Crippen molar-refractivity contribution >= 4 is 11.5 Å². The van der Waals surface area contributed by atoms with Crippen molar-refractivity contribution in [2.45, 2.75) is 0 Å². The second-order valence-electron chi connectivity index (χ2n) is 5.38.